The third-order valence-corrected chi connectivity index (χ3v) is 3.96. The molecule has 0 aliphatic carbocycles. The summed E-state index contributed by atoms with van der Waals surface area (Å²) in [6.07, 6.45) is 6.61. The lowest BCUT2D eigenvalue weighted by Crippen LogP contribution is -2.34. The van der Waals surface area contributed by atoms with E-state index in [1.807, 2.05) is 12.3 Å². The Labute approximate surface area is 135 Å². The second-order valence-electron chi connectivity index (χ2n) is 5.26. The smallest absolute Gasteiger partial charge is 0.0378 e. The summed E-state index contributed by atoms with van der Waals surface area (Å²) < 4.78 is 1.12. The van der Waals surface area contributed by atoms with Gasteiger partial charge >= 0.3 is 0 Å². The summed E-state index contributed by atoms with van der Waals surface area (Å²) in [5, 5.41) is 3.61. The number of hydrogen-bond donors (Lipinski definition) is 2. The Bertz CT molecular complexity index is 571. The molecule has 0 aliphatic heterocycles. The minimum atomic E-state index is 0.366. The Kier molecular flexibility index (Phi) is 6.21. The van der Waals surface area contributed by atoms with Crippen LogP contribution in [0.5, 0.6) is 0 Å². The molecule has 0 saturated heterocycles. The fourth-order valence-corrected chi connectivity index (χ4v) is 2.83. The average Bonchev–Trinajstić information content (AvgIpc) is 2.47. The predicted molar refractivity (Wildman–Crippen MR) is 92.3 cm³/mol. The number of benzene rings is 1. The molecule has 112 valence electrons. The fraction of sp³-hybridized carbons (Fsp3) is 0.353. The zero-order chi connectivity index (χ0) is 15.1. The Morgan fingerprint density at radius 2 is 2.14 bits per heavy atom. The van der Waals surface area contributed by atoms with Crippen molar-refractivity contribution in [2.45, 2.75) is 32.2 Å². The zero-order valence-corrected chi connectivity index (χ0v) is 13.9. The fourth-order valence-electron chi connectivity index (χ4n) is 2.39. The van der Waals surface area contributed by atoms with Gasteiger partial charge in [0.2, 0.25) is 0 Å². The summed E-state index contributed by atoms with van der Waals surface area (Å²) in [5.41, 5.74) is 9.29. The number of nitrogens with zero attached hydrogens (tertiary/aromatic N) is 1. The van der Waals surface area contributed by atoms with Crippen molar-refractivity contribution in [2.75, 3.05) is 12.3 Å². The summed E-state index contributed by atoms with van der Waals surface area (Å²) in [6.45, 7) is 3.19. The first kappa shape index (κ1) is 16.0. The van der Waals surface area contributed by atoms with Crippen LogP contribution in [0.15, 0.2) is 47.2 Å². The maximum atomic E-state index is 6.04. The van der Waals surface area contributed by atoms with Crippen molar-refractivity contribution in [1.82, 2.24) is 10.3 Å². The lowest BCUT2D eigenvalue weighted by molar-refractivity contribution is 0.504. The number of halogens is 1. The van der Waals surface area contributed by atoms with E-state index in [1.54, 1.807) is 6.20 Å². The molecular weight excluding hydrogens is 326 g/mol. The van der Waals surface area contributed by atoms with Gasteiger partial charge in [0, 0.05) is 28.6 Å². The molecule has 0 spiro atoms. The largest absolute Gasteiger partial charge is 0.398 e. The minimum absolute atomic E-state index is 0.366. The molecule has 4 heteroatoms. The maximum absolute atomic E-state index is 6.04. The van der Waals surface area contributed by atoms with Crippen LogP contribution in [0.2, 0.25) is 0 Å². The normalized spacial score (nSPS) is 12.3. The van der Waals surface area contributed by atoms with Gasteiger partial charge in [-0.2, -0.15) is 0 Å². The van der Waals surface area contributed by atoms with Crippen molar-refractivity contribution in [3.05, 3.63) is 58.3 Å². The van der Waals surface area contributed by atoms with Gasteiger partial charge in [0.15, 0.2) is 0 Å². The molecule has 1 unspecified atom stereocenters. The van der Waals surface area contributed by atoms with Gasteiger partial charge in [0.05, 0.1) is 0 Å². The van der Waals surface area contributed by atoms with Gasteiger partial charge in [-0.1, -0.05) is 35.0 Å². The molecule has 2 aromatic rings. The lowest BCUT2D eigenvalue weighted by atomic mass is 9.99. The van der Waals surface area contributed by atoms with E-state index in [4.69, 9.17) is 5.73 Å². The Morgan fingerprint density at radius 3 is 2.86 bits per heavy atom. The summed E-state index contributed by atoms with van der Waals surface area (Å²) in [5.74, 6) is 0. The van der Waals surface area contributed by atoms with Crippen LogP contribution < -0.4 is 11.1 Å². The summed E-state index contributed by atoms with van der Waals surface area (Å²) in [7, 11) is 0. The topological polar surface area (TPSA) is 50.9 Å². The van der Waals surface area contributed by atoms with E-state index in [0.717, 1.165) is 41.5 Å². The van der Waals surface area contributed by atoms with Gasteiger partial charge in [-0.3, -0.25) is 4.98 Å². The Balaban J connectivity index is 2.09. The van der Waals surface area contributed by atoms with Gasteiger partial charge in [-0.05, 0) is 55.1 Å². The molecule has 1 aromatic heterocycles. The summed E-state index contributed by atoms with van der Waals surface area (Å²) in [6, 6.07) is 10.7. The Hall–Kier alpha value is -1.39. The van der Waals surface area contributed by atoms with Gasteiger partial charge in [0.25, 0.3) is 0 Å². The number of aromatic nitrogens is 1. The van der Waals surface area contributed by atoms with Crippen molar-refractivity contribution in [1.29, 1.82) is 0 Å². The van der Waals surface area contributed by atoms with E-state index in [-0.39, 0.29) is 0 Å². The quantitative estimate of drug-likeness (QED) is 0.804. The van der Waals surface area contributed by atoms with Gasteiger partial charge in [-0.15, -0.1) is 0 Å². The number of anilines is 1. The minimum Gasteiger partial charge on any atom is -0.398 e. The molecule has 0 aliphatic rings. The second-order valence-corrected chi connectivity index (χ2v) is 6.18. The van der Waals surface area contributed by atoms with Crippen LogP contribution in [0.3, 0.4) is 0 Å². The van der Waals surface area contributed by atoms with E-state index in [0.29, 0.717) is 6.04 Å². The second kappa shape index (κ2) is 8.15. The highest BCUT2D eigenvalue weighted by Crippen LogP contribution is 2.17. The molecule has 1 aromatic carbocycles. The molecule has 1 heterocycles. The molecule has 3 N–H and O–H groups in total. The van der Waals surface area contributed by atoms with Crippen molar-refractivity contribution < 1.29 is 0 Å². The first-order chi connectivity index (χ1) is 10.2. The van der Waals surface area contributed by atoms with Crippen LogP contribution in [-0.4, -0.2) is 17.6 Å². The highest BCUT2D eigenvalue weighted by molar-refractivity contribution is 9.10. The third-order valence-electron chi connectivity index (χ3n) is 3.46. The van der Waals surface area contributed by atoms with E-state index in [2.05, 4.69) is 57.4 Å². The van der Waals surface area contributed by atoms with Crippen LogP contribution in [0.4, 0.5) is 5.69 Å². The summed E-state index contributed by atoms with van der Waals surface area (Å²) in [4.78, 5) is 4.18. The van der Waals surface area contributed by atoms with Gasteiger partial charge in [-0.25, -0.2) is 0 Å². The van der Waals surface area contributed by atoms with E-state index < -0.39 is 0 Å². The number of nitrogen functional groups attached to an aromatic ring is 1. The molecule has 0 amide bonds. The van der Waals surface area contributed by atoms with Crippen molar-refractivity contribution in [2.24, 2.45) is 0 Å². The molecule has 0 radical (unpaired) electrons. The molecule has 0 bridgehead atoms. The van der Waals surface area contributed by atoms with Crippen LogP contribution in [0.25, 0.3) is 0 Å². The summed E-state index contributed by atoms with van der Waals surface area (Å²) >= 11 is 3.53. The average molecular weight is 348 g/mol. The lowest BCUT2D eigenvalue weighted by Gasteiger charge is -2.19. The van der Waals surface area contributed by atoms with Crippen LogP contribution in [-0.2, 0) is 12.8 Å². The monoisotopic (exact) mass is 347 g/mol. The van der Waals surface area contributed by atoms with Crippen LogP contribution >= 0.6 is 15.9 Å². The maximum Gasteiger partial charge on any atom is 0.0378 e. The van der Waals surface area contributed by atoms with Gasteiger partial charge < -0.3 is 11.1 Å². The number of pyridine rings is 1. The third kappa shape index (κ3) is 5.14. The van der Waals surface area contributed by atoms with Gasteiger partial charge in [0.1, 0.15) is 0 Å². The SMILES string of the molecule is CCCNC(Cc1cccc(Br)c1)Cc1cnccc1N. The molecule has 3 nitrogen and oxygen atoms in total. The van der Waals surface area contributed by atoms with Crippen molar-refractivity contribution >= 4 is 21.6 Å². The molecule has 0 saturated carbocycles. The first-order valence-corrected chi connectivity index (χ1v) is 8.14. The molecular formula is C17H22BrN3. The van der Waals surface area contributed by atoms with E-state index in [1.165, 1.54) is 5.56 Å². The molecule has 1 atom stereocenters. The van der Waals surface area contributed by atoms with Crippen LogP contribution in [0, 0.1) is 0 Å². The van der Waals surface area contributed by atoms with E-state index in [9.17, 15) is 0 Å². The standard InChI is InChI=1S/C17H22BrN3/c1-2-7-21-16(10-13-4-3-5-15(18)9-13)11-14-12-20-8-6-17(14)19/h3-6,8-9,12,16,21H,2,7,10-11H2,1H3,(H2,19,20). The van der Waals surface area contributed by atoms with E-state index >= 15 is 0 Å². The molecule has 2 rings (SSSR count). The molecule has 0 fully saturated rings. The van der Waals surface area contributed by atoms with Crippen molar-refractivity contribution in [3.63, 3.8) is 0 Å². The highest BCUT2D eigenvalue weighted by atomic mass is 79.9. The number of rotatable bonds is 7. The highest BCUT2D eigenvalue weighted by Gasteiger charge is 2.12. The predicted octanol–water partition coefficient (Wildman–Crippen LogP) is 3.58. The number of nitrogens with one attached hydrogen (secondary N) is 1. The molecule has 21 heavy (non-hydrogen) atoms. The van der Waals surface area contributed by atoms with Crippen LogP contribution in [0.1, 0.15) is 24.5 Å². The number of hydrogen-bond acceptors (Lipinski definition) is 3. The van der Waals surface area contributed by atoms with Crippen molar-refractivity contribution in [3.8, 4) is 0 Å². The first-order valence-electron chi connectivity index (χ1n) is 7.35. The zero-order valence-electron chi connectivity index (χ0n) is 12.3. The number of nitrogens with two attached hydrogens (primary N) is 1. The Morgan fingerprint density at radius 1 is 1.29 bits per heavy atom.